The van der Waals surface area contributed by atoms with Gasteiger partial charge in [0.15, 0.2) is 11.6 Å². The lowest BCUT2D eigenvalue weighted by molar-refractivity contribution is 0.384. The van der Waals surface area contributed by atoms with Gasteiger partial charge >= 0.3 is 0 Å². The molecule has 0 aromatic heterocycles. The van der Waals surface area contributed by atoms with Crippen molar-refractivity contribution in [3.63, 3.8) is 0 Å². The molecule has 0 saturated heterocycles. The fraction of sp³-hybridized carbons (Fsp3) is 0.467. The summed E-state index contributed by atoms with van der Waals surface area (Å²) in [6.07, 6.45) is 1.90. The highest BCUT2D eigenvalue weighted by molar-refractivity contribution is 5.32. The summed E-state index contributed by atoms with van der Waals surface area (Å²) in [4.78, 5) is 0. The summed E-state index contributed by atoms with van der Waals surface area (Å²) < 4.78 is 18.4. The van der Waals surface area contributed by atoms with Crippen LogP contribution in [0.25, 0.3) is 0 Å². The number of halogens is 1. The largest absolute Gasteiger partial charge is 0.494 e. The minimum absolute atomic E-state index is 0.164. The van der Waals surface area contributed by atoms with Crippen molar-refractivity contribution in [1.29, 1.82) is 0 Å². The Morgan fingerprint density at radius 2 is 2.22 bits per heavy atom. The Morgan fingerprint density at radius 1 is 1.50 bits per heavy atom. The third-order valence-electron chi connectivity index (χ3n) is 2.77. The Kier molecular flexibility index (Phi) is 5.86. The number of methoxy groups -OCH3 is 1. The molecule has 0 aliphatic rings. The van der Waals surface area contributed by atoms with E-state index in [4.69, 9.17) is 4.74 Å². The monoisotopic (exact) mass is 251 g/mol. The molecule has 18 heavy (non-hydrogen) atoms. The van der Waals surface area contributed by atoms with Crippen LogP contribution in [-0.4, -0.2) is 13.7 Å². The average molecular weight is 251 g/mol. The molecule has 1 rings (SSSR count). The van der Waals surface area contributed by atoms with E-state index in [-0.39, 0.29) is 17.6 Å². The van der Waals surface area contributed by atoms with Gasteiger partial charge in [0.25, 0.3) is 0 Å². The van der Waals surface area contributed by atoms with Crippen molar-refractivity contribution in [2.75, 3.05) is 13.7 Å². The summed E-state index contributed by atoms with van der Waals surface area (Å²) in [7, 11) is 1.48. The molecule has 0 fully saturated rings. The van der Waals surface area contributed by atoms with Crippen LogP contribution in [0.15, 0.2) is 30.4 Å². The van der Waals surface area contributed by atoms with Crippen molar-refractivity contribution in [2.45, 2.75) is 32.7 Å². The summed E-state index contributed by atoms with van der Waals surface area (Å²) in [6.45, 7) is 8.99. The van der Waals surface area contributed by atoms with Crippen molar-refractivity contribution in [3.05, 3.63) is 41.7 Å². The Balaban J connectivity index is 2.92. The van der Waals surface area contributed by atoms with E-state index in [2.05, 4.69) is 18.8 Å². The molecule has 1 aromatic rings. The van der Waals surface area contributed by atoms with Crippen LogP contribution in [0.4, 0.5) is 4.39 Å². The second-order valence-electron chi connectivity index (χ2n) is 4.56. The van der Waals surface area contributed by atoms with Gasteiger partial charge in [-0.05, 0) is 44.0 Å². The van der Waals surface area contributed by atoms with Gasteiger partial charge in [-0.25, -0.2) is 4.39 Å². The molecular formula is C15H22FNO. The van der Waals surface area contributed by atoms with Crippen LogP contribution >= 0.6 is 0 Å². The first-order chi connectivity index (χ1) is 8.58. The third-order valence-corrected chi connectivity index (χ3v) is 2.77. The standard InChI is InChI=1S/C15H22FNO/c1-5-8-17-14(9-11(2)3)12-6-7-13(16)15(10-12)18-4/h6-7,10,14,17H,2,5,8-9H2,1,3-4H3. The third kappa shape index (κ3) is 4.15. The van der Waals surface area contributed by atoms with E-state index >= 15 is 0 Å². The zero-order valence-corrected chi connectivity index (χ0v) is 11.4. The van der Waals surface area contributed by atoms with Crippen LogP contribution in [-0.2, 0) is 0 Å². The van der Waals surface area contributed by atoms with E-state index < -0.39 is 0 Å². The minimum Gasteiger partial charge on any atom is -0.494 e. The number of hydrogen-bond donors (Lipinski definition) is 1. The smallest absolute Gasteiger partial charge is 0.165 e. The highest BCUT2D eigenvalue weighted by Crippen LogP contribution is 2.26. The van der Waals surface area contributed by atoms with Crippen LogP contribution in [0.3, 0.4) is 0 Å². The molecule has 2 nitrogen and oxygen atoms in total. The van der Waals surface area contributed by atoms with Gasteiger partial charge in [-0.3, -0.25) is 0 Å². The lowest BCUT2D eigenvalue weighted by Crippen LogP contribution is -2.22. The lowest BCUT2D eigenvalue weighted by atomic mass is 10.00. The Hall–Kier alpha value is -1.35. The molecule has 0 amide bonds. The van der Waals surface area contributed by atoms with Gasteiger partial charge in [-0.15, -0.1) is 6.58 Å². The molecule has 0 bridgehead atoms. The summed E-state index contributed by atoms with van der Waals surface area (Å²) >= 11 is 0. The van der Waals surface area contributed by atoms with Crippen molar-refractivity contribution in [3.8, 4) is 5.75 Å². The van der Waals surface area contributed by atoms with Gasteiger partial charge in [0.2, 0.25) is 0 Å². The Bertz CT molecular complexity index is 403. The van der Waals surface area contributed by atoms with Crippen LogP contribution in [0, 0.1) is 5.82 Å². The molecule has 0 saturated carbocycles. The van der Waals surface area contributed by atoms with Crippen LogP contribution in [0.5, 0.6) is 5.75 Å². The van der Waals surface area contributed by atoms with Crippen LogP contribution < -0.4 is 10.1 Å². The lowest BCUT2D eigenvalue weighted by Gasteiger charge is -2.20. The first kappa shape index (κ1) is 14.7. The second-order valence-corrected chi connectivity index (χ2v) is 4.56. The van der Waals surface area contributed by atoms with Crippen molar-refractivity contribution < 1.29 is 9.13 Å². The Morgan fingerprint density at radius 3 is 2.78 bits per heavy atom. The van der Waals surface area contributed by atoms with E-state index in [1.54, 1.807) is 12.1 Å². The maximum atomic E-state index is 13.4. The van der Waals surface area contributed by atoms with Gasteiger partial charge in [0, 0.05) is 6.04 Å². The molecule has 1 N–H and O–H groups in total. The highest BCUT2D eigenvalue weighted by Gasteiger charge is 2.13. The molecule has 0 radical (unpaired) electrons. The fourth-order valence-electron chi connectivity index (χ4n) is 1.87. The van der Waals surface area contributed by atoms with Crippen molar-refractivity contribution in [2.24, 2.45) is 0 Å². The average Bonchev–Trinajstić information content (AvgIpc) is 2.34. The van der Waals surface area contributed by atoms with E-state index in [0.717, 1.165) is 30.5 Å². The summed E-state index contributed by atoms with van der Waals surface area (Å²) in [5.41, 5.74) is 2.14. The van der Waals surface area contributed by atoms with Crippen LogP contribution in [0.1, 0.15) is 38.3 Å². The predicted octanol–water partition coefficient (Wildman–Crippen LogP) is 3.84. The molecule has 1 unspecified atom stereocenters. The number of nitrogens with one attached hydrogen (secondary N) is 1. The number of hydrogen-bond acceptors (Lipinski definition) is 2. The van der Waals surface area contributed by atoms with E-state index in [9.17, 15) is 4.39 Å². The SMILES string of the molecule is C=C(C)CC(NCCC)c1ccc(F)c(OC)c1. The normalized spacial score (nSPS) is 12.2. The molecule has 0 spiro atoms. The van der Waals surface area contributed by atoms with Gasteiger partial charge in [0.1, 0.15) is 0 Å². The maximum absolute atomic E-state index is 13.4. The van der Waals surface area contributed by atoms with Gasteiger partial charge < -0.3 is 10.1 Å². The molecule has 1 atom stereocenters. The zero-order valence-electron chi connectivity index (χ0n) is 11.4. The predicted molar refractivity (Wildman–Crippen MR) is 73.4 cm³/mol. The first-order valence-electron chi connectivity index (χ1n) is 6.29. The van der Waals surface area contributed by atoms with Crippen molar-refractivity contribution >= 4 is 0 Å². The van der Waals surface area contributed by atoms with Crippen molar-refractivity contribution in [1.82, 2.24) is 5.32 Å². The summed E-state index contributed by atoms with van der Waals surface area (Å²) in [6, 6.07) is 5.17. The quantitative estimate of drug-likeness (QED) is 0.743. The highest BCUT2D eigenvalue weighted by atomic mass is 19.1. The van der Waals surface area contributed by atoms with Gasteiger partial charge in [0.05, 0.1) is 7.11 Å². The molecule has 0 heterocycles. The fourth-order valence-corrected chi connectivity index (χ4v) is 1.87. The molecule has 0 aliphatic carbocycles. The van der Waals surface area contributed by atoms with Gasteiger partial charge in [-0.2, -0.15) is 0 Å². The number of rotatable bonds is 7. The molecular weight excluding hydrogens is 229 g/mol. The topological polar surface area (TPSA) is 21.3 Å². The maximum Gasteiger partial charge on any atom is 0.165 e. The molecule has 3 heteroatoms. The van der Waals surface area contributed by atoms with E-state index in [0.29, 0.717) is 0 Å². The second kappa shape index (κ2) is 7.17. The first-order valence-corrected chi connectivity index (χ1v) is 6.29. The van der Waals surface area contributed by atoms with E-state index in [1.807, 2.05) is 6.92 Å². The Labute approximate surface area is 109 Å². The summed E-state index contributed by atoms with van der Waals surface area (Å²) in [5, 5.41) is 3.45. The van der Waals surface area contributed by atoms with Crippen LogP contribution in [0.2, 0.25) is 0 Å². The van der Waals surface area contributed by atoms with Gasteiger partial charge in [-0.1, -0.05) is 18.6 Å². The number of ether oxygens (including phenoxy) is 1. The number of benzene rings is 1. The molecule has 100 valence electrons. The molecule has 0 aliphatic heterocycles. The molecule has 1 aromatic carbocycles. The van der Waals surface area contributed by atoms with E-state index in [1.165, 1.54) is 13.2 Å². The minimum atomic E-state index is -0.328. The summed E-state index contributed by atoms with van der Waals surface area (Å²) in [5.74, 6) is -0.0386. The zero-order chi connectivity index (χ0) is 13.5.